The molecule has 1 aromatic rings. The summed E-state index contributed by atoms with van der Waals surface area (Å²) in [5.41, 5.74) is 0. The van der Waals surface area contributed by atoms with Gasteiger partial charge in [0.25, 0.3) is 5.88 Å². The lowest BCUT2D eigenvalue weighted by molar-refractivity contribution is -0.187. The quantitative estimate of drug-likeness (QED) is 0.765. The molecule has 0 bridgehead atoms. The Kier molecular flexibility index (Phi) is 4.38. The van der Waals surface area contributed by atoms with Crippen molar-refractivity contribution in [2.45, 2.75) is 45.1 Å². The Bertz CT molecular complexity index is 425. The first-order valence-corrected chi connectivity index (χ1v) is 6.27. The number of nitrogens with zero attached hydrogens (tertiary/aromatic N) is 2. The number of hydrogen-bond donors (Lipinski definition) is 0. The molecule has 7 nitrogen and oxygen atoms in total. The zero-order valence-electron chi connectivity index (χ0n) is 10.7. The van der Waals surface area contributed by atoms with Crippen molar-refractivity contribution in [3.8, 4) is 5.88 Å². The van der Waals surface area contributed by atoms with Gasteiger partial charge in [-0.15, -0.1) is 5.06 Å². The van der Waals surface area contributed by atoms with Gasteiger partial charge in [0.15, 0.2) is 0 Å². The van der Waals surface area contributed by atoms with E-state index in [0.717, 1.165) is 37.2 Å². The van der Waals surface area contributed by atoms with E-state index in [1.807, 2.05) is 0 Å². The summed E-state index contributed by atoms with van der Waals surface area (Å²) in [4.78, 5) is 28.0. The van der Waals surface area contributed by atoms with Crippen LogP contribution in [0.4, 0.5) is 4.79 Å². The Morgan fingerprint density at radius 3 is 2.68 bits per heavy atom. The fourth-order valence-electron chi connectivity index (χ4n) is 2.10. The molecule has 7 heteroatoms. The maximum Gasteiger partial charge on any atom is 0.450 e. The molecule has 19 heavy (non-hydrogen) atoms. The predicted molar refractivity (Wildman–Crippen MR) is 63.0 cm³/mol. The standard InChI is InChI=1S/C12H16N2O5/c1-9(15)19-14(10-5-3-2-4-6-10)12(16)18-11-7-8-17-13-11/h7-8,10H,2-6H2,1H3. The molecule has 0 N–H and O–H groups in total. The molecule has 0 atom stereocenters. The Morgan fingerprint density at radius 1 is 1.37 bits per heavy atom. The average Bonchev–Trinajstić information content (AvgIpc) is 2.89. The summed E-state index contributed by atoms with van der Waals surface area (Å²) in [5.74, 6) is -0.513. The number of rotatable bonds is 2. The smallest absolute Gasteiger partial charge is 0.386 e. The number of hydrogen-bond acceptors (Lipinski definition) is 6. The van der Waals surface area contributed by atoms with Crippen LogP contribution in [0.1, 0.15) is 39.0 Å². The molecular formula is C12H16N2O5. The molecule has 104 valence electrons. The summed E-state index contributed by atoms with van der Waals surface area (Å²) in [6.45, 7) is 1.25. The normalized spacial score (nSPS) is 15.8. The van der Waals surface area contributed by atoms with Crippen molar-refractivity contribution < 1.29 is 23.7 Å². The van der Waals surface area contributed by atoms with Crippen LogP contribution >= 0.6 is 0 Å². The first-order chi connectivity index (χ1) is 9.16. The van der Waals surface area contributed by atoms with Crippen LogP contribution in [0, 0.1) is 0 Å². The third-order valence-corrected chi connectivity index (χ3v) is 2.92. The highest BCUT2D eigenvalue weighted by molar-refractivity contribution is 5.73. The zero-order chi connectivity index (χ0) is 13.7. The highest BCUT2D eigenvalue weighted by atomic mass is 16.8. The summed E-state index contributed by atoms with van der Waals surface area (Å²) in [5, 5.41) is 4.49. The molecule has 0 aliphatic heterocycles. The van der Waals surface area contributed by atoms with Gasteiger partial charge < -0.3 is 14.1 Å². The highest BCUT2D eigenvalue weighted by Gasteiger charge is 2.30. The lowest BCUT2D eigenvalue weighted by Gasteiger charge is -2.30. The van der Waals surface area contributed by atoms with Crippen molar-refractivity contribution >= 4 is 12.1 Å². The molecule has 0 aromatic carbocycles. The van der Waals surface area contributed by atoms with Gasteiger partial charge >= 0.3 is 12.1 Å². The summed E-state index contributed by atoms with van der Waals surface area (Å²) in [6, 6.07) is 1.27. The van der Waals surface area contributed by atoms with Crippen molar-refractivity contribution in [1.29, 1.82) is 0 Å². The number of carbonyl (C=O) groups is 2. The van der Waals surface area contributed by atoms with Gasteiger partial charge in [0, 0.05) is 13.0 Å². The fraction of sp³-hybridized carbons (Fsp3) is 0.583. The van der Waals surface area contributed by atoms with Crippen LogP contribution in [0.2, 0.25) is 0 Å². The first-order valence-electron chi connectivity index (χ1n) is 6.27. The number of aromatic nitrogens is 1. The molecule has 0 saturated heterocycles. The van der Waals surface area contributed by atoms with Crippen molar-refractivity contribution in [1.82, 2.24) is 10.2 Å². The molecule has 0 unspecified atom stereocenters. The van der Waals surface area contributed by atoms with E-state index in [1.54, 1.807) is 0 Å². The SMILES string of the molecule is CC(=O)ON(C(=O)Oc1ccon1)C1CCCCC1. The second-order valence-electron chi connectivity index (χ2n) is 4.41. The lowest BCUT2D eigenvalue weighted by Crippen LogP contribution is -2.44. The monoisotopic (exact) mass is 268 g/mol. The van der Waals surface area contributed by atoms with Crippen LogP contribution in [0.5, 0.6) is 5.88 Å². The largest absolute Gasteiger partial charge is 0.450 e. The minimum Gasteiger partial charge on any atom is -0.386 e. The summed E-state index contributed by atoms with van der Waals surface area (Å²) < 4.78 is 9.54. The molecule has 1 aliphatic carbocycles. The highest BCUT2D eigenvalue weighted by Crippen LogP contribution is 2.24. The van der Waals surface area contributed by atoms with E-state index in [-0.39, 0.29) is 11.9 Å². The van der Waals surface area contributed by atoms with E-state index in [9.17, 15) is 9.59 Å². The van der Waals surface area contributed by atoms with E-state index in [0.29, 0.717) is 0 Å². The van der Waals surface area contributed by atoms with E-state index >= 15 is 0 Å². The maximum atomic E-state index is 12.0. The summed E-state index contributed by atoms with van der Waals surface area (Å²) >= 11 is 0. The maximum absolute atomic E-state index is 12.0. The van der Waals surface area contributed by atoms with E-state index in [1.165, 1.54) is 19.3 Å². The van der Waals surface area contributed by atoms with Gasteiger partial charge in [-0.3, -0.25) is 4.79 Å². The predicted octanol–water partition coefficient (Wildman–Crippen LogP) is 2.29. The van der Waals surface area contributed by atoms with Crippen LogP contribution in [0.15, 0.2) is 16.9 Å². The van der Waals surface area contributed by atoms with Crippen molar-refractivity contribution in [3.05, 3.63) is 12.3 Å². The molecule has 1 saturated carbocycles. The molecule has 0 spiro atoms. The Morgan fingerprint density at radius 2 is 2.11 bits per heavy atom. The summed E-state index contributed by atoms with van der Waals surface area (Å²) in [6.07, 6.45) is 5.25. The first kappa shape index (κ1) is 13.4. The molecular weight excluding hydrogens is 252 g/mol. The molecule has 1 aromatic heterocycles. The molecule has 1 amide bonds. The number of carbonyl (C=O) groups excluding carboxylic acids is 2. The van der Waals surface area contributed by atoms with Gasteiger partial charge in [0.1, 0.15) is 6.26 Å². The van der Waals surface area contributed by atoms with Gasteiger partial charge in [-0.2, -0.15) is 0 Å². The van der Waals surface area contributed by atoms with Crippen molar-refractivity contribution in [2.24, 2.45) is 0 Å². The Balaban J connectivity index is 2.02. The van der Waals surface area contributed by atoms with Gasteiger partial charge in [0.05, 0.1) is 6.04 Å². The minimum atomic E-state index is -0.754. The molecule has 1 fully saturated rings. The summed E-state index contributed by atoms with van der Waals surface area (Å²) in [7, 11) is 0. The third-order valence-electron chi connectivity index (χ3n) is 2.92. The Labute approximate surface area is 110 Å². The molecule has 2 rings (SSSR count). The molecule has 1 heterocycles. The second-order valence-corrected chi connectivity index (χ2v) is 4.41. The third kappa shape index (κ3) is 3.70. The minimum absolute atomic E-state index is 0.0398. The van der Waals surface area contributed by atoms with Gasteiger partial charge in [0.2, 0.25) is 0 Å². The lowest BCUT2D eigenvalue weighted by atomic mass is 9.95. The topological polar surface area (TPSA) is 81.9 Å². The van der Waals surface area contributed by atoms with Gasteiger partial charge in [-0.25, -0.2) is 4.79 Å². The molecule has 1 aliphatic rings. The van der Waals surface area contributed by atoms with Crippen LogP contribution in [-0.4, -0.2) is 28.3 Å². The fourth-order valence-corrected chi connectivity index (χ4v) is 2.10. The van der Waals surface area contributed by atoms with Crippen molar-refractivity contribution in [3.63, 3.8) is 0 Å². The van der Waals surface area contributed by atoms with Crippen LogP contribution < -0.4 is 4.74 Å². The van der Waals surface area contributed by atoms with E-state index < -0.39 is 12.1 Å². The average molecular weight is 268 g/mol. The number of amides is 1. The van der Waals surface area contributed by atoms with E-state index in [2.05, 4.69) is 9.68 Å². The van der Waals surface area contributed by atoms with Crippen LogP contribution in [0.3, 0.4) is 0 Å². The molecule has 0 radical (unpaired) electrons. The van der Waals surface area contributed by atoms with Crippen LogP contribution in [-0.2, 0) is 9.63 Å². The number of ether oxygens (including phenoxy) is 1. The van der Waals surface area contributed by atoms with Gasteiger partial charge in [-0.1, -0.05) is 19.3 Å². The van der Waals surface area contributed by atoms with E-state index in [4.69, 9.17) is 9.57 Å². The van der Waals surface area contributed by atoms with Crippen molar-refractivity contribution in [2.75, 3.05) is 0 Å². The van der Waals surface area contributed by atoms with Crippen LogP contribution in [0.25, 0.3) is 0 Å². The Hall–Kier alpha value is -2.05. The zero-order valence-corrected chi connectivity index (χ0v) is 10.7. The number of hydroxylamine groups is 2. The van der Waals surface area contributed by atoms with Gasteiger partial charge in [-0.05, 0) is 18.0 Å². The second kappa shape index (κ2) is 6.21.